The maximum absolute atomic E-state index is 12.5. The Hall–Kier alpha value is -3.49. The summed E-state index contributed by atoms with van der Waals surface area (Å²) in [6.07, 6.45) is 0.611. The van der Waals surface area contributed by atoms with Gasteiger partial charge in [0.25, 0.3) is 5.78 Å². The van der Waals surface area contributed by atoms with Crippen LogP contribution in [0.4, 0.5) is 17.3 Å². The molecule has 152 valence electrons. The van der Waals surface area contributed by atoms with Gasteiger partial charge in [0, 0.05) is 34.7 Å². The van der Waals surface area contributed by atoms with Crippen LogP contribution in [0.5, 0.6) is 0 Å². The fourth-order valence-electron chi connectivity index (χ4n) is 3.07. The van der Waals surface area contributed by atoms with E-state index in [-0.39, 0.29) is 24.2 Å². The summed E-state index contributed by atoms with van der Waals surface area (Å²) in [5.74, 6) is 0.642. The number of rotatable bonds is 6. The zero-order chi connectivity index (χ0) is 21.1. The predicted molar refractivity (Wildman–Crippen MR) is 112 cm³/mol. The highest BCUT2D eigenvalue weighted by Crippen LogP contribution is 2.18. The number of aromatic nitrogens is 4. The van der Waals surface area contributed by atoms with Gasteiger partial charge in [-0.05, 0) is 44.0 Å². The van der Waals surface area contributed by atoms with Gasteiger partial charge in [0.05, 0.1) is 6.42 Å². The first-order valence-electron chi connectivity index (χ1n) is 9.41. The molecule has 0 aliphatic rings. The van der Waals surface area contributed by atoms with Gasteiger partial charge in [-0.25, -0.2) is 4.98 Å². The van der Waals surface area contributed by atoms with Crippen molar-refractivity contribution in [3.63, 3.8) is 0 Å². The van der Waals surface area contributed by atoms with E-state index in [1.54, 1.807) is 28.8 Å². The Morgan fingerprint density at radius 3 is 2.21 bits per heavy atom. The molecule has 0 atom stereocenters. The number of fused-ring (bicyclic) bond motifs is 1. The van der Waals surface area contributed by atoms with Crippen LogP contribution in [0.25, 0.3) is 5.78 Å². The highest BCUT2D eigenvalue weighted by molar-refractivity contribution is 5.94. The van der Waals surface area contributed by atoms with Crippen LogP contribution >= 0.6 is 0 Å². The Labute approximate surface area is 168 Å². The van der Waals surface area contributed by atoms with Crippen LogP contribution < -0.4 is 16.4 Å². The lowest BCUT2D eigenvalue weighted by molar-refractivity contribution is -0.117. The third-order valence-electron chi connectivity index (χ3n) is 4.45. The third-order valence-corrected chi connectivity index (χ3v) is 4.45. The number of carbonyl (C=O) groups is 2. The molecule has 0 fully saturated rings. The number of nitrogens with two attached hydrogens (primary N) is 1. The van der Waals surface area contributed by atoms with Gasteiger partial charge in [0.15, 0.2) is 0 Å². The Morgan fingerprint density at radius 2 is 1.62 bits per heavy atom. The number of nitrogens with one attached hydrogen (secondary N) is 2. The molecule has 3 rings (SSSR count). The van der Waals surface area contributed by atoms with Crippen molar-refractivity contribution in [1.29, 1.82) is 0 Å². The molecule has 1 aromatic carbocycles. The second-order valence-electron chi connectivity index (χ2n) is 7.39. The first kappa shape index (κ1) is 20.2. The average Bonchev–Trinajstić information content (AvgIpc) is 3.00. The molecule has 2 heterocycles. The zero-order valence-electron chi connectivity index (χ0n) is 17.0. The molecule has 0 unspecified atom stereocenters. The lowest BCUT2D eigenvalue weighted by Crippen LogP contribution is -2.18. The zero-order valence-corrected chi connectivity index (χ0v) is 17.0. The quantitative estimate of drug-likeness (QED) is 0.588. The van der Waals surface area contributed by atoms with Crippen molar-refractivity contribution in [2.75, 3.05) is 16.4 Å². The SMILES string of the molecule is Cc1nc2nc(N)nn2c(C)c1CC(=O)Nc1ccc(NC(=O)CC(C)C)cc1. The van der Waals surface area contributed by atoms with Gasteiger partial charge in [-0.2, -0.15) is 9.50 Å². The number of hydrogen-bond donors (Lipinski definition) is 3. The van der Waals surface area contributed by atoms with Crippen LogP contribution in [0.2, 0.25) is 0 Å². The van der Waals surface area contributed by atoms with Crippen LogP contribution in [0, 0.1) is 19.8 Å². The number of nitrogen functional groups attached to an aromatic ring is 1. The van der Waals surface area contributed by atoms with E-state index in [1.807, 2.05) is 27.7 Å². The maximum atomic E-state index is 12.5. The molecule has 2 aromatic heterocycles. The number of aryl methyl sites for hydroxylation is 2. The lowest BCUT2D eigenvalue weighted by atomic mass is 10.1. The van der Waals surface area contributed by atoms with Crippen LogP contribution in [-0.4, -0.2) is 31.4 Å². The molecule has 0 aliphatic carbocycles. The van der Waals surface area contributed by atoms with Crippen molar-refractivity contribution >= 4 is 34.9 Å². The Bertz CT molecular complexity index is 1050. The van der Waals surface area contributed by atoms with Gasteiger partial charge in [0.2, 0.25) is 17.8 Å². The number of hydrogen-bond acceptors (Lipinski definition) is 6. The minimum absolute atomic E-state index is 0.0284. The topological polar surface area (TPSA) is 127 Å². The standard InChI is InChI=1S/C20H25N7O2/c1-11(2)9-17(28)23-14-5-7-15(8-6-14)24-18(29)10-16-12(3)22-20-25-19(21)26-27(20)13(16)4/h5-8,11H,9-10H2,1-4H3,(H2,21,26)(H,23,28)(H,24,29). The maximum Gasteiger partial charge on any atom is 0.254 e. The summed E-state index contributed by atoms with van der Waals surface area (Å²) in [5.41, 5.74) is 9.24. The highest BCUT2D eigenvalue weighted by atomic mass is 16.2. The van der Waals surface area contributed by atoms with E-state index >= 15 is 0 Å². The second kappa shape index (κ2) is 8.26. The van der Waals surface area contributed by atoms with E-state index in [0.29, 0.717) is 35.2 Å². The molecule has 0 radical (unpaired) electrons. The fraction of sp³-hybridized carbons (Fsp3) is 0.350. The molecule has 9 heteroatoms. The molecule has 0 spiro atoms. The third kappa shape index (κ3) is 4.87. The Balaban J connectivity index is 1.67. The smallest absolute Gasteiger partial charge is 0.254 e. The number of nitrogens with zero attached hydrogens (tertiary/aromatic N) is 4. The van der Waals surface area contributed by atoms with E-state index in [0.717, 1.165) is 11.3 Å². The van der Waals surface area contributed by atoms with Gasteiger partial charge >= 0.3 is 0 Å². The van der Waals surface area contributed by atoms with Gasteiger partial charge < -0.3 is 16.4 Å². The summed E-state index contributed by atoms with van der Waals surface area (Å²) in [5, 5.41) is 9.81. The highest BCUT2D eigenvalue weighted by Gasteiger charge is 2.15. The second-order valence-corrected chi connectivity index (χ2v) is 7.39. The summed E-state index contributed by atoms with van der Waals surface area (Å²) in [6.45, 7) is 7.67. The van der Waals surface area contributed by atoms with Crippen molar-refractivity contribution in [3.8, 4) is 0 Å². The molecule has 0 saturated heterocycles. The lowest BCUT2D eigenvalue weighted by Gasteiger charge is -2.11. The van der Waals surface area contributed by atoms with E-state index in [1.165, 1.54) is 0 Å². The molecule has 4 N–H and O–H groups in total. The van der Waals surface area contributed by atoms with Crippen LogP contribution in [0.1, 0.15) is 37.2 Å². The van der Waals surface area contributed by atoms with Crippen molar-refractivity contribution in [2.45, 2.75) is 40.5 Å². The van der Waals surface area contributed by atoms with Crippen LogP contribution in [-0.2, 0) is 16.0 Å². The van der Waals surface area contributed by atoms with Gasteiger partial charge in [-0.1, -0.05) is 13.8 Å². The largest absolute Gasteiger partial charge is 0.366 e. The normalized spacial score (nSPS) is 11.1. The van der Waals surface area contributed by atoms with Crippen molar-refractivity contribution in [3.05, 3.63) is 41.2 Å². The van der Waals surface area contributed by atoms with Crippen molar-refractivity contribution < 1.29 is 9.59 Å². The first-order valence-corrected chi connectivity index (χ1v) is 9.41. The van der Waals surface area contributed by atoms with Crippen molar-refractivity contribution in [2.24, 2.45) is 5.92 Å². The Morgan fingerprint density at radius 1 is 1.03 bits per heavy atom. The molecule has 3 aromatic rings. The van der Waals surface area contributed by atoms with E-state index in [9.17, 15) is 9.59 Å². The summed E-state index contributed by atoms with van der Waals surface area (Å²) >= 11 is 0. The summed E-state index contributed by atoms with van der Waals surface area (Å²) in [4.78, 5) is 32.8. The van der Waals surface area contributed by atoms with E-state index in [4.69, 9.17) is 5.73 Å². The number of benzene rings is 1. The molecular formula is C20H25N7O2. The first-order chi connectivity index (χ1) is 13.7. The molecule has 2 amide bonds. The summed E-state index contributed by atoms with van der Waals surface area (Å²) in [7, 11) is 0. The van der Waals surface area contributed by atoms with Gasteiger partial charge in [-0.3, -0.25) is 9.59 Å². The monoisotopic (exact) mass is 395 g/mol. The molecule has 0 aliphatic heterocycles. The molecular weight excluding hydrogens is 370 g/mol. The number of amides is 2. The van der Waals surface area contributed by atoms with E-state index in [2.05, 4.69) is 25.7 Å². The van der Waals surface area contributed by atoms with Gasteiger partial charge in [0.1, 0.15) is 0 Å². The van der Waals surface area contributed by atoms with E-state index < -0.39 is 0 Å². The average molecular weight is 395 g/mol. The Kier molecular flexibility index (Phi) is 5.76. The molecule has 29 heavy (non-hydrogen) atoms. The molecule has 0 bridgehead atoms. The minimum Gasteiger partial charge on any atom is -0.366 e. The summed E-state index contributed by atoms with van der Waals surface area (Å²) in [6, 6.07) is 7.02. The van der Waals surface area contributed by atoms with Gasteiger partial charge in [-0.15, -0.1) is 5.10 Å². The molecule has 0 saturated carbocycles. The van der Waals surface area contributed by atoms with Crippen LogP contribution in [0.15, 0.2) is 24.3 Å². The van der Waals surface area contributed by atoms with Crippen LogP contribution in [0.3, 0.4) is 0 Å². The van der Waals surface area contributed by atoms with Crippen molar-refractivity contribution in [1.82, 2.24) is 19.6 Å². The number of anilines is 3. The predicted octanol–water partition coefficient (Wildman–Crippen LogP) is 2.49. The molecule has 9 nitrogen and oxygen atoms in total. The fourth-order valence-corrected chi connectivity index (χ4v) is 3.07. The minimum atomic E-state index is -0.179. The number of carbonyl (C=O) groups excluding carboxylic acids is 2. The summed E-state index contributed by atoms with van der Waals surface area (Å²) < 4.78 is 1.54.